The second kappa shape index (κ2) is 9.78. The van der Waals surface area contributed by atoms with Crippen molar-refractivity contribution in [2.45, 2.75) is 26.6 Å². The molecule has 1 N–H and O–H groups in total. The first-order valence-corrected chi connectivity index (χ1v) is 11.9. The number of amides is 2. The molecular formula is C23H24F3N5O3S. The Morgan fingerprint density at radius 2 is 1.89 bits per heavy atom. The van der Waals surface area contributed by atoms with Crippen LogP contribution in [0.3, 0.4) is 0 Å². The Kier molecular flexibility index (Phi) is 6.95. The summed E-state index contributed by atoms with van der Waals surface area (Å²) in [6.45, 7) is 7.04. The van der Waals surface area contributed by atoms with E-state index in [2.05, 4.69) is 22.1 Å². The number of fused-ring (bicyclic) bond motifs is 1. The first-order valence-electron chi connectivity index (χ1n) is 11.1. The van der Waals surface area contributed by atoms with Crippen molar-refractivity contribution in [2.75, 3.05) is 38.0 Å². The molecule has 1 aliphatic rings. The molecular weight excluding hydrogens is 483 g/mol. The highest BCUT2D eigenvalue weighted by atomic mass is 32.1. The van der Waals surface area contributed by atoms with Crippen LogP contribution in [0.2, 0.25) is 0 Å². The smallest absolute Gasteiger partial charge is 0.335 e. The van der Waals surface area contributed by atoms with E-state index in [1.54, 1.807) is 11.8 Å². The number of nitrogens with zero attached hydrogens (tertiary/aromatic N) is 4. The number of carbonyl (C=O) groups excluding carboxylic acids is 2. The number of halogens is 3. The van der Waals surface area contributed by atoms with Crippen LogP contribution >= 0.6 is 11.3 Å². The van der Waals surface area contributed by atoms with Gasteiger partial charge in [-0.1, -0.05) is 13.0 Å². The molecule has 1 aliphatic heterocycles. The molecule has 0 spiro atoms. The molecule has 3 aromatic rings. The van der Waals surface area contributed by atoms with Gasteiger partial charge >= 0.3 is 6.18 Å². The third kappa shape index (κ3) is 5.22. The quantitative estimate of drug-likeness (QED) is 0.573. The monoisotopic (exact) mass is 507 g/mol. The second-order valence-corrected chi connectivity index (χ2v) is 9.27. The third-order valence-electron chi connectivity index (χ3n) is 6.01. The van der Waals surface area contributed by atoms with Gasteiger partial charge in [0, 0.05) is 31.9 Å². The molecule has 35 heavy (non-hydrogen) atoms. The van der Waals surface area contributed by atoms with E-state index in [-0.39, 0.29) is 17.0 Å². The van der Waals surface area contributed by atoms with Crippen molar-refractivity contribution < 1.29 is 22.8 Å². The predicted molar refractivity (Wildman–Crippen MR) is 127 cm³/mol. The van der Waals surface area contributed by atoms with Gasteiger partial charge in [-0.05, 0) is 37.2 Å². The standard InChI is InChI=1S/C23H24F3N5O3S/c1-3-29-7-9-30(10-8-29)22(34)19-14(2)18-20(35-19)27-13-31(21(18)33)12-17(32)28-16-6-4-5-15(11-16)23(24,25)26/h4-6,11,13H,3,7-10,12H2,1-2H3,(H,28,32). The molecule has 1 fully saturated rings. The van der Waals surface area contributed by atoms with E-state index in [4.69, 9.17) is 0 Å². The van der Waals surface area contributed by atoms with Crippen molar-refractivity contribution in [3.05, 3.63) is 57.0 Å². The summed E-state index contributed by atoms with van der Waals surface area (Å²) in [4.78, 5) is 47.8. The van der Waals surface area contributed by atoms with Crippen LogP contribution in [-0.2, 0) is 17.5 Å². The summed E-state index contributed by atoms with van der Waals surface area (Å²) < 4.78 is 39.8. The van der Waals surface area contributed by atoms with E-state index in [1.165, 1.54) is 18.5 Å². The Morgan fingerprint density at radius 3 is 2.54 bits per heavy atom. The summed E-state index contributed by atoms with van der Waals surface area (Å²) >= 11 is 1.14. The molecule has 8 nitrogen and oxygen atoms in total. The Balaban J connectivity index is 1.53. The molecule has 1 saturated heterocycles. The highest BCUT2D eigenvalue weighted by Crippen LogP contribution is 2.31. The lowest BCUT2D eigenvalue weighted by Gasteiger charge is -2.33. The number of aryl methyl sites for hydroxylation is 1. The Morgan fingerprint density at radius 1 is 1.17 bits per heavy atom. The molecule has 12 heteroatoms. The maximum atomic E-state index is 13.1. The van der Waals surface area contributed by atoms with Gasteiger partial charge < -0.3 is 15.1 Å². The summed E-state index contributed by atoms with van der Waals surface area (Å²) in [6, 6.07) is 4.25. The van der Waals surface area contributed by atoms with Gasteiger partial charge in [-0.15, -0.1) is 11.3 Å². The molecule has 0 saturated carbocycles. The fourth-order valence-electron chi connectivity index (χ4n) is 4.02. The molecule has 1 aromatic carbocycles. The number of likely N-dealkylation sites (N-methyl/N-ethyl adjacent to an activating group) is 1. The molecule has 2 aromatic heterocycles. The van der Waals surface area contributed by atoms with Gasteiger partial charge in [-0.25, -0.2) is 4.98 Å². The largest absolute Gasteiger partial charge is 0.416 e. The molecule has 2 amide bonds. The second-order valence-electron chi connectivity index (χ2n) is 8.27. The lowest BCUT2D eigenvalue weighted by Crippen LogP contribution is -2.48. The van der Waals surface area contributed by atoms with E-state index in [0.717, 1.165) is 47.7 Å². The summed E-state index contributed by atoms with van der Waals surface area (Å²) in [6.07, 6.45) is -3.33. The van der Waals surface area contributed by atoms with Crippen LogP contribution in [0.5, 0.6) is 0 Å². The number of anilines is 1. The van der Waals surface area contributed by atoms with Crippen molar-refractivity contribution in [3.8, 4) is 0 Å². The van der Waals surface area contributed by atoms with Gasteiger partial charge in [0.2, 0.25) is 5.91 Å². The Labute approximate surface area is 203 Å². The number of thiophene rings is 1. The van der Waals surface area contributed by atoms with Crippen LogP contribution in [0.4, 0.5) is 18.9 Å². The van der Waals surface area contributed by atoms with Gasteiger partial charge in [0.05, 0.1) is 22.2 Å². The average Bonchev–Trinajstić information content (AvgIpc) is 3.17. The topological polar surface area (TPSA) is 87.5 Å². The predicted octanol–water partition coefficient (Wildman–Crippen LogP) is 3.20. The number of nitrogens with one attached hydrogen (secondary N) is 1. The third-order valence-corrected chi connectivity index (χ3v) is 7.19. The van der Waals surface area contributed by atoms with Gasteiger partial charge in [-0.3, -0.25) is 19.0 Å². The SMILES string of the molecule is CCN1CCN(C(=O)c2sc3ncn(CC(=O)Nc4cccc(C(F)(F)F)c4)c(=O)c3c2C)CC1. The number of rotatable bonds is 5. The van der Waals surface area contributed by atoms with Crippen LogP contribution in [0, 0.1) is 6.92 Å². The molecule has 3 heterocycles. The molecule has 186 valence electrons. The van der Waals surface area contributed by atoms with Gasteiger partial charge in [0.1, 0.15) is 11.4 Å². The number of benzene rings is 1. The molecule has 0 unspecified atom stereocenters. The first kappa shape index (κ1) is 24.9. The highest BCUT2D eigenvalue weighted by Gasteiger charge is 2.30. The van der Waals surface area contributed by atoms with Crippen LogP contribution in [0.1, 0.15) is 27.7 Å². The maximum absolute atomic E-state index is 13.1. The molecule has 0 bridgehead atoms. The highest BCUT2D eigenvalue weighted by molar-refractivity contribution is 7.20. The maximum Gasteiger partial charge on any atom is 0.416 e. The lowest BCUT2D eigenvalue weighted by molar-refractivity contribution is -0.137. The van der Waals surface area contributed by atoms with Crippen LogP contribution in [-0.4, -0.2) is 63.9 Å². The molecule has 4 rings (SSSR count). The minimum absolute atomic E-state index is 0.0327. The number of alkyl halides is 3. The van der Waals surface area contributed by atoms with E-state index in [1.807, 2.05) is 0 Å². The van der Waals surface area contributed by atoms with Crippen LogP contribution in [0.25, 0.3) is 10.2 Å². The van der Waals surface area contributed by atoms with Crippen molar-refractivity contribution in [1.82, 2.24) is 19.4 Å². The van der Waals surface area contributed by atoms with Gasteiger partial charge in [0.15, 0.2) is 0 Å². The summed E-state index contributed by atoms with van der Waals surface area (Å²) in [5, 5.41) is 2.64. The van der Waals surface area contributed by atoms with E-state index >= 15 is 0 Å². The molecule has 0 atom stereocenters. The van der Waals surface area contributed by atoms with Gasteiger partial charge in [0.25, 0.3) is 11.5 Å². The molecule has 0 aliphatic carbocycles. The summed E-state index contributed by atoms with van der Waals surface area (Å²) in [5.41, 5.74) is -0.900. The van der Waals surface area contributed by atoms with Crippen molar-refractivity contribution in [2.24, 2.45) is 0 Å². The van der Waals surface area contributed by atoms with Crippen molar-refractivity contribution >= 4 is 39.1 Å². The van der Waals surface area contributed by atoms with Crippen molar-refractivity contribution in [3.63, 3.8) is 0 Å². The minimum Gasteiger partial charge on any atom is -0.335 e. The number of carbonyl (C=O) groups is 2. The number of piperazine rings is 1. The number of hydrogen-bond acceptors (Lipinski definition) is 6. The van der Waals surface area contributed by atoms with E-state index in [9.17, 15) is 27.6 Å². The lowest BCUT2D eigenvalue weighted by atomic mass is 10.2. The van der Waals surface area contributed by atoms with E-state index in [0.29, 0.717) is 28.4 Å². The van der Waals surface area contributed by atoms with Crippen LogP contribution in [0.15, 0.2) is 35.4 Å². The zero-order chi connectivity index (χ0) is 25.3. The molecule has 0 radical (unpaired) electrons. The van der Waals surface area contributed by atoms with E-state index < -0.39 is 29.8 Å². The number of hydrogen-bond donors (Lipinski definition) is 1. The van der Waals surface area contributed by atoms with Crippen molar-refractivity contribution in [1.29, 1.82) is 0 Å². The normalized spacial score (nSPS) is 14.9. The number of aromatic nitrogens is 2. The minimum atomic E-state index is -4.54. The zero-order valence-electron chi connectivity index (χ0n) is 19.2. The fraction of sp³-hybridized carbons (Fsp3) is 0.391. The Hall–Kier alpha value is -3.25. The van der Waals surface area contributed by atoms with Gasteiger partial charge in [-0.2, -0.15) is 13.2 Å². The van der Waals surface area contributed by atoms with Crippen LogP contribution < -0.4 is 10.9 Å². The summed E-state index contributed by atoms with van der Waals surface area (Å²) in [5.74, 6) is -0.819. The fourth-order valence-corrected chi connectivity index (χ4v) is 5.12. The Bertz CT molecular complexity index is 1330. The zero-order valence-corrected chi connectivity index (χ0v) is 20.0. The first-order chi connectivity index (χ1) is 16.6. The summed E-state index contributed by atoms with van der Waals surface area (Å²) in [7, 11) is 0. The average molecular weight is 508 g/mol.